The van der Waals surface area contributed by atoms with Gasteiger partial charge in [-0.05, 0) is 57.0 Å². The summed E-state index contributed by atoms with van der Waals surface area (Å²) in [5, 5.41) is 0. The molecule has 5 heteroatoms. The second-order valence-corrected chi connectivity index (χ2v) is 10.6. The van der Waals surface area contributed by atoms with Crippen LogP contribution in [0.15, 0.2) is 57.9 Å². The van der Waals surface area contributed by atoms with Crippen LogP contribution in [0.3, 0.4) is 0 Å². The van der Waals surface area contributed by atoms with Crippen molar-refractivity contribution in [1.82, 2.24) is 4.72 Å². The smallest absolute Gasteiger partial charge is 0.136 e. The van der Waals surface area contributed by atoms with Gasteiger partial charge >= 0.3 is 0 Å². The predicted molar refractivity (Wildman–Crippen MR) is 110 cm³/mol. The summed E-state index contributed by atoms with van der Waals surface area (Å²) in [6, 6.07) is 16.8. The molecule has 0 unspecified atom stereocenters. The first-order valence-corrected chi connectivity index (χ1v) is 10.8. The zero-order valence-electron chi connectivity index (χ0n) is 14.5. The molecular weight excluding hydrogens is 402 g/mol. The predicted octanol–water partition coefficient (Wildman–Crippen LogP) is 5.85. The summed E-state index contributed by atoms with van der Waals surface area (Å²) < 4.78 is 16.3. The fraction of sp³-hybridized carbons (Fsp3) is 0.368. The molecule has 1 N–H and O–H groups in total. The van der Waals surface area contributed by atoms with Crippen molar-refractivity contribution in [2.45, 2.75) is 49.1 Å². The first kappa shape index (κ1) is 19.9. The van der Waals surface area contributed by atoms with Gasteiger partial charge in [0.15, 0.2) is 0 Å². The van der Waals surface area contributed by atoms with Crippen molar-refractivity contribution in [3.63, 3.8) is 0 Å². The Balaban J connectivity index is 2.07. The molecule has 0 aliphatic heterocycles. The van der Waals surface area contributed by atoms with Gasteiger partial charge in [0, 0.05) is 26.5 Å². The van der Waals surface area contributed by atoms with Gasteiger partial charge < -0.3 is 4.55 Å². The standard InChI is InChI=1S/C19H24BrNOS2/c1-14(21-24(22)19(2,3)4)17-12-16(10-11-18(17)20)23-13-15-8-6-5-7-9-15/h5-12,14,21H,13H2,1-4H3/t14-,24-/m0/s1. The van der Waals surface area contributed by atoms with Crippen molar-refractivity contribution in [3.8, 4) is 0 Å². The molecule has 2 rings (SSSR count). The minimum absolute atomic E-state index is 0.0108. The lowest BCUT2D eigenvalue weighted by Gasteiger charge is -2.27. The molecule has 0 aromatic heterocycles. The number of thioether (sulfide) groups is 1. The minimum atomic E-state index is -1.09. The molecule has 0 radical (unpaired) electrons. The van der Waals surface area contributed by atoms with Crippen molar-refractivity contribution in [2.24, 2.45) is 0 Å². The third-order valence-corrected chi connectivity index (χ3v) is 6.99. The molecule has 0 saturated heterocycles. The van der Waals surface area contributed by atoms with Crippen molar-refractivity contribution < 1.29 is 4.55 Å². The lowest BCUT2D eigenvalue weighted by atomic mass is 10.1. The molecule has 2 aromatic carbocycles. The van der Waals surface area contributed by atoms with Crippen LogP contribution < -0.4 is 4.72 Å². The average molecular weight is 426 g/mol. The van der Waals surface area contributed by atoms with E-state index >= 15 is 0 Å². The van der Waals surface area contributed by atoms with Gasteiger partial charge in [0.05, 0.1) is 6.04 Å². The lowest BCUT2D eigenvalue weighted by molar-refractivity contribution is 0.531. The molecule has 24 heavy (non-hydrogen) atoms. The maximum Gasteiger partial charge on any atom is 0.136 e. The molecule has 0 heterocycles. The van der Waals surface area contributed by atoms with Gasteiger partial charge in [-0.25, -0.2) is 0 Å². The van der Waals surface area contributed by atoms with Crippen LogP contribution in [-0.4, -0.2) is 9.30 Å². The first-order chi connectivity index (χ1) is 11.3. The van der Waals surface area contributed by atoms with E-state index in [4.69, 9.17) is 0 Å². The number of hydrogen-bond acceptors (Lipinski definition) is 3. The molecule has 0 fully saturated rings. The molecule has 0 amide bonds. The van der Waals surface area contributed by atoms with E-state index < -0.39 is 11.4 Å². The summed E-state index contributed by atoms with van der Waals surface area (Å²) in [6.07, 6.45) is 0. The number of rotatable bonds is 6. The molecule has 0 aliphatic rings. The van der Waals surface area contributed by atoms with E-state index in [1.165, 1.54) is 10.5 Å². The van der Waals surface area contributed by atoms with Crippen LogP contribution in [0.25, 0.3) is 0 Å². The summed E-state index contributed by atoms with van der Waals surface area (Å²) in [5.74, 6) is 0.942. The van der Waals surface area contributed by atoms with Gasteiger partial charge in [0.25, 0.3) is 0 Å². The molecule has 2 atom stereocenters. The summed E-state index contributed by atoms with van der Waals surface area (Å²) in [5.41, 5.74) is 2.44. The Labute approximate surface area is 161 Å². The molecule has 0 saturated carbocycles. The van der Waals surface area contributed by atoms with Crippen molar-refractivity contribution in [1.29, 1.82) is 0 Å². The van der Waals surface area contributed by atoms with Crippen molar-refractivity contribution in [3.05, 3.63) is 64.1 Å². The van der Waals surface area contributed by atoms with Gasteiger partial charge in [0.2, 0.25) is 0 Å². The van der Waals surface area contributed by atoms with Crippen LogP contribution in [0.5, 0.6) is 0 Å². The Morgan fingerprint density at radius 2 is 1.83 bits per heavy atom. The van der Waals surface area contributed by atoms with E-state index in [9.17, 15) is 4.55 Å². The zero-order valence-corrected chi connectivity index (χ0v) is 17.7. The SMILES string of the molecule is C[C@H](N[S@@+]([O-])C(C)(C)C)c1cc(SCc2ccccc2)ccc1Br. The van der Waals surface area contributed by atoms with E-state index in [-0.39, 0.29) is 10.8 Å². The van der Waals surface area contributed by atoms with Crippen LogP contribution in [0, 0.1) is 0 Å². The highest BCUT2D eigenvalue weighted by molar-refractivity contribution is 9.10. The molecule has 0 aliphatic carbocycles. The normalized spacial score (nSPS) is 14.4. The van der Waals surface area contributed by atoms with Crippen LogP contribution in [0.1, 0.15) is 44.9 Å². The van der Waals surface area contributed by atoms with Gasteiger partial charge in [-0.2, -0.15) is 0 Å². The maximum atomic E-state index is 12.3. The van der Waals surface area contributed by atoms with Crippen molar-refractivity contribution in [2.75, 3.05) is 0 Å². The summed E-state index contributed by atoms with van der Waals surface area (Å²) in [7, 11) is 0. The summed E-state index contributed by atoms with van der Waals surface area (Å²) in [4.78, 5) is 1.22. The van der Waals surface area contributed by atoms with Crippen LogP contribution in [0.2, 0.25) is 0 Å². The molecule has 0 spiro atoms. The van der Waals surface area contributed by atoms with E-state index in [0.29, 0.717) is 0 Å². The summed E-state index contributed by atoms with van der Waals surface area (Å²) in [6.45, 7) is 7.98. The third-order valence-electron chi connectivity index (χ3n) is 3.52. The third kappa shape index (κ3) is 5.81. The topological polar surface area (TPSA) is 35.1 Å². The molecule has 130 valence electrons. The monoisotopic (exact) mass is 425 g/mol. The fourth-order valence-corrected chi connectivity index (χ4v) is 4.38. The second-order valence-electron chi connectivity index (χ2n) is 6.68. The molecule has 0 bridgehead atoms. The van der Waals surface area contributed by atoms with E-state index in [2.05, 4.69) is 70.0 Å². The number of hydrogen-bond donors (Lipinski definition) is 1. The Kier molecular flexibility index (Phi) is 7.25. The number of benzene rings is 2. The minimum Gasteiger partial charge on any atom is -0.598 e. The van der Waals surface area contributed by atoms with Gasteiger partial charge in [0.1, 0.15) is 4.75 Å². The molecule has 2 nitrogen and oxygen atoms in total. The van der Waals surface area contributed by atoms with Gasteiger partial charge in [-0.15, -0.1) is 16.5 Å². The number of nitrogens with one attached hydrogen (secondary N) is 1. The Bertz CT molecular complexity index is 658. The quantitative estimate of drug-likeness (QED) is 0.465. The van der Waals surface area contributed by atoms with E-state index in [1.807, 2.05) is 38.6 Å². The van der Waals surface area contributed by atoms with E-state index in [1.54, 1.807) is 0 Å². The highest BCUT2D eigenvalue weighted by atomic mass is 79.9. The highest BCUT2D eigenvalue weighted by Crippen LogP contribution is 2.31. The fourth-order valence-electron chi connectivity index (χ4n) is 2.09. The Morgan fingerprint density at radius 3 is 2.46 bits per heavy atom. The van der Waals surface area contributed by atoms with Gasteiger partial charge in [-0.3, -0.25) is 0 Å². The van der Waals surface area contributed by atoms with Gasteiger partial charge in [-0.1, -0.05) is 46.3 Å². The average Bonchev–Trinajstić information content (AvgIpc) is 2.54. The number of halogens is 1. The highest BCUT2D eigenvalue weighted by Gasteiger charge is 2.28. The van der Waals surface area contributed by atoms with E-state index in [0.717, 1.165) is 15.8 Å². The van der Waals surface area contributed by atoms with Crippen LogP contribution in [0.4, 0.5) is 0 Å². The molecule has 2 aromatic rings. The Morgan fingerprint density at radius 1 is 1.17 bits per heavy atom. The van der Waals surface area contributed by atoms with Crippen molar-refractivity contribution >= 4 is 39.1 Å². The summed E-state index contributed by atoms with van der Waals surface area (Å²) >= 11 is 4.34. The first-order valence-electron chi connectivity index (χ1n) is 7.91. The molecular formula is C19H24BrNOS2. The van der Waals surface area contributed by atoms with Crippen LogP contribution in [-0.2, 0) is 17.1 Å². The maximum absolute atomic E-state index is 12.3. The largest absolute Gasteiger partial charge is 0.598 e. The van der Waals surface area contributed by atoms with Crippen LogP contribution >= 0.6 is 27.7 Å². The lowest BCUT2D eigenvalue weighted by Crippen LogP contribution is -2.40. The Hall–Kier alpha value is -0.460. The second kappa shape index (κ2) is 8.77. The zero-order chi connectivity index (χ0) is 17.7.